The van der Waals surface area contributed by atoms with E-state index in [1.165, 1.54) is 6.08 Å². The maximum atomic E-state index is 13.2. The number of carbonyl (C=O) groups excluding carboxylic acids is 2. The second-order valence-corrected chi connectivity index (χ2v) is 9.47. The third-order valence-electron chi connectivity index (χ3n) is 5.32. The van der Waals surface area contributed by atoms with E-state index in [9.17, 15) is 19.5 Å². The van der Waals surface area contributed by atoms with E-state index in [2.05, 4.69) is 0 Å². The van der Waals surface area contributed by atoms with E-state index >= 15 is 0 Å². The minimum atomic E-state index is -1.14. The predicted octanol–water partition coefficient (Wildman–Crippen LogP) is 5.20. The Morgan fingerprint density at radius 2 is 1.61 bits per heavy atom. The van der Waals surface area contributed by atoms with E-state index in [1.807, 2.05) is 48.5 Å². The molecule has 0 aliphatic carbocycles. The van der Waals surface area contributed by atoms with Gasteiger partial charge in [0.2, 0.25) is 0 Å². The van der Waals surface area contributed by atoms with Gasteiger partial charge < -0.3 is 9.84 Å². The molecule has 1 aliphatic rings. The molecule has 36 heavy (non-hydrogen) atoms. The smallest absolute Gasteiger partial charge is 0.336 e. The molecule has 6 nitrogen and oxygen atoms in total. The molecule has 1 aliphatic heterocycles. The van der Waals surface area contributed by atoms with Crippen LogP contribution in [0, 0.1) is 0 Å². The van der Waals surface area contributed by atoms with Gasteiger partial charge in [-0.05, 0) is 29.3 Å². The van der Waals surface area contributed by atoms with Gasteiger partial charge in [-0.2, -0.15) is 0 Å². The maximum absolute atomic E-state index is 13.2. The molecule has 0 unspecified atom stereocenters. The third kappa shape index (κ3) is 6.16. The summed E-state index contributed by atoms with van der Waals surface area (Å²) in [5, 5.41) is 9.84. The van der Waals surface area contributed by atoms with E-state index in [0.717, 1.165) is 27.8 Å². The van der Waals surface area contributed by atoms with Gasteiger partial charge in [-0.1, -0.05) is 103 Å². The van der Waals surface area contributed by atoms with Crippen LogP contribution in [0.15, 0.2) is 95.9 Å². The molecule has 0 saturated carbocycles. The van der Waals surface area contributed by atoms with E-state index in [0.29, 0.717) is 5.56 Å². The second kappa shape index (κ2) is 11.6. The molecular formula is C28H21NO5S2. The SMILES string of the molecule is O=C(/C=C/c1ccccc1)Oc1ccccc1/C=C1\SC(=S)N([C@@H](Cc2ccccc2)C(=O)O)C1=O. The quantitative estimate of drug-likeness (QED) is 0.191. The van der Waals surface area contributed by atoms with E-state index in [-0.39, 0.29) is 21.4 Å². The Morgan fingerprint density at radius 1 is 0.972 bits per heavy atom. The number of ether oxygens (including phenoxy) is 1. The van der Waals surface area contributed by atoms with Crippen molar-refractivity contribution >= 4 is 58.3 Å². The Bertz CT molecular complexity index is 1350. The number of carboxylic acid groups (broad SMARTS) is 1. The molecule has 0 spiro atoms. The Labute approximate surface area is 217 Å². The van der Waals surface area contributed by atoms with E-state index in [4.69, 9.17) is 17.0 Å². The average molecular weight is 516 g/mol. The van der Waals surface area contributed by atoms with Gasteiger partial charge >= 0.3 is 11.9 Å². The Hall–Kier alpha value is -4.01. The minimum absolute atomic E-state index is 0.123. The summed E-state index contributed by atoms with van der Waals surface area (Å²) in [5.74, 6) is -1.94. The molecule has 180 valence electrons. The van der Waals surface area contributed by atoms with Gasteiger partial charge in [0, 0.05) is 18.1 Å². The number of thioether (sulfide) groups is 1. The standard InChI is InChI=1S/C28H21NO5S2/c30-25(16-15-19-9-3-1-4-10-19)34-23-14-8-7-13-21(23)18-24-26(31)29(28(35)36-24)22(27(32)33)17-20-11-5-2-6-12-20/h1-16,18,22H,17H2,(H,32,33)/b16-15+,24-18-/t22-/m0/s1. The number of benzene rings is 3. The topological polar surface area (TPSA) is 83.9 Å². The van der Waals surface area contributed by atoms with Crippen LogP contribution in [0.25, 0.3) is 12.2 Å². The number of hydrogen-bond donors (Lipinski definition) is 1. The highest BCUT2D eigenvalue weighted by atomic mass is 32.2. The molecule has 3 aromatic rings. The van der Waals surface area contributed by atoms with Gasteiger partial charge in [0.25, 0.3) is 5.91 Å². The van der Waals surface area contributed by atoms with Gasteiger partial charge in [0.05, 0.1) is 4.91 Å². The highest BCUT2D eigenvalue weighted by Gasteiger charge is 2.40. The van der Waals surface area contributed by atoms with Crippen molar-refractivity contribution < 1.29 is 24.2 Å². The summed E-state index contributed by atoms with van der Waals surface area (Å²) in [6, 6.07) is 24.1. The van der Waals surface area contributed by atoms with Crippen molar-refractivity contribution in [3.63, 3.8) is 0 Å². The Balaban J connectivity index is 1.53. The van der Waals surface area contributed by atoms with Crippen LogP contribution in [-0.2, 0) is 20.8 Å². The summed E-state index contributed by atoms with van der Waals surface area (Å²) < 4.78 is 5.66. The summed E-state index contributed by atoms with van der Waals surface area (Å²) in [6.07, 6.45) is 4.66. The number of rotatable bonds is 8. The van der Waals surface area contributed by atoms with Crippen LogP contribution in [0.5, 0.6) is 5.75 Å². The fourth-order valence-electron chi connectivity index (χ4n) is 3.58. The van der Waals surface area contributed by atoms with Crippen molar-refractivity contribution in [3.05, 3.63) is 113 Å². The number of aliphatic carboxylic acids is 1. The van der Waals surface area contributed by atoms with Crippen LogP contribution in [-0.4, -0.2) is 38.2 Å². The number of amides is 1. The van der Waals surface area contributed by atoms with Crippen LogP contribution in [0.4, 0.5) is 0 Å². The lowest BCUT2D eigenvalue weighted by molar-refractivity contribution is -0.145. The Morgan fingerprint density at radius 3 is 2.31 bits per heavy atom. The number of esters is 1. The molecule has 1 atom stereocenters. The Kier molecular flexibility index (Phi) is 8.10. The maximum Gasteiger partial charge on any atom is 0.336 e. The monoisotopic (exact) mass is 515 g/mol. The number of carboxylic acids is 1. The van der Waals surface area contributed by atoms with Crippen LogP contribution in [0.3, 0.4) is 0 Å². The predicted molar refractivity (Wildman–Crippen MR) is 144 cm³/mol. The molecule has 1 saturated heterocycles. The second-order valence-electron chi connectivity index (χ2n) is 7.80. The highest BCUT2D eigenvalue weighted by molar-refractivity contribution is 8.26. The molecule has 1 heterocycles. The van der Waals surface area contributed by atoms with Crippen molar-refractivity contribution in [2.24, 2.45) is 0 Å². The fraction of sp³-hybridized carbons (Fsp3) is 0.0714. The first kappa shape index (κ1) is 25.1. The van der Waals surface area contributed by atoms with Gasteiger partial charge in [-0.15, -0.1) is 0 Å². The zero-order chi connectivity index (χ0) is 25.5. The molecule has 1 amide bonds. The first-order valence-electron chi connectivity index (χ1n) is 11.0. The van der Waals surface area contributed by atoms with Crippen LogP contribution < -0.4 is 4.74 Å². The number of para-hydroxylation sites is 1. The molecule has 1 fully saturated rings. The fourth-order valence-corrected chi connectivity index (χ4v) is 4.93. The van der Waals surface area contributed by atoms with Crippen LogP contribution in [0.2, 0.25) is 0 Å². The lowest BCUT2D eigenvalue weighted by Crippen LogP contribution is -2.45. The van der Waals surface area contributed by atoms with Gasteiger partial charge in [-0.25, -0.2) is 9.59 Å². The molecule has 3 aromatic carbocycles. The van der Waals surface area contributed by atoms with E-state index in [1.54, 1.807) is 48.6 Å². The average Bonchev–Trinajstić information content (AvgIpc) is 3.16. The normalized spacial score (nSPS) is 15.4. The van der Waals surface area contributed by atoms with Crippen LogP contribution >= 0.6 is 24.0 Å². The first-order chi connectivity index (χ1) is 17.4. The summed E-state index contributed by atoms with van der Waals surface area (Å²) >= 11 is 6.39. The van der Waals surface area contributed by atoms with Crippen molar-refractivity contribution in [2.75, 3.05) is 0 Å². The summed E-state index contributed by atoms with van der Waals surface area (Å²) in [7, 11) is 0. The van der Waals surface area contributed by atoms with Crippen molar-refractivity contribution in [1.29, 1.82) is 0 Å². The molecular weight excluding hydrogens is 494 g/mol. The van der Waals surface area contributed by atoms with Crippen molar-refractivity contribution in [3.8, 4) is 5.75 Å². The molecule has 0 aromatic heterocycles. The number of thiocarbonyl (C=S) groups is 1. The number of nitrogens with zero attached hydrogens (tertiary/aromatic N) is 1. The number of hydrogen-bond acceptors (Lipinski definition) is 6. The zero-order valence-electron chi connectivity index (χ0n) is 18.9. The minimum Gasteiger partial charge on any atom is -0.480 e. The van der Waals surface area contributed by atoms with Gasteiger partial charge in [0.1, 0.15) is 16.1 Å². The molecule has 8 heteroatoms. The molecule has 4 rings (SSSR count). The molecule has 1 N–H and O–H groups in total. The van der Waals surface area contributed by atoms with Crippen LogP contribution in [0.1, 0.15) is 16.7 Å². The lowest BCUT2D eigenvalue weighted by atomic mass is 10.0. The first-order valence-corrected chi connectivity index (χ1v) is 12.2. The van der Waals surface area contributed by atoms with E-state index < -0.39 is 23.9 Å². The van der Waals surface area contributed by atoms with Gasteiger partial charge in [-0.3, -0.25) is 9.69 Å². The highest BCUT2D eigenvalue weighted by Crippen LogP contribution is 2.36. The molecule has 0 radical (unpaired) electrons. The zero-order valence-corrected chi connectivity index (χ0v) is 20.6. The van der Waals surface area contributed by atoms with Crippen molar-refractivity contribution in [1.82, 2.24) is 4.90 Å². The lowest BCUT2D eigenvalue weighted by Gasteiger charge is -2.23. The molecule has 0 bridgehead atoms. The van der Waals surface area contributed by atoms with Crippen molar-refractivity contribution in [2.45, 2.75) is 12.5 Å². The summed E-state index contributed by atoms with van der Waals surface area (Å²) in [4.78, 5) is 39.0. The van der Waals surface area contributed by atoms with Gasteiger partial charge in [0.15, 0.2) is 0 Å². The summed E-state index contributed by atoms with van der Waals surface area (Å²) in [6.45, 7) is 0. The summed E-state index contributed by atoms with van der Waals surface area (Å²) in [5.41, 5.74) is 2.13. The third-order valence-corrected chi connectivity index (χ3v) is 6.65. The number of carbonyl (C=O) groups is 3. The largest absolute Gasteiger partial charge is 0.480 e.